The molecule has 2 aromatic carbocycles. The van der Waals surface area contributed by atoms with Crippen LogP contribution < -0.4 is 10.9 Å². The Morgan fingerprint density at radius 1 is 1.06 bits per heavy atom. The van der Waals surface area contributed by atoms with Gasteiger partial charge >= 0.3 is 12.1 Å². The molecule has 0 radical (unpaired) electrons. The number of aliphatic carboxylic acids is 1. The Bertz CT molecular complexity index is 1770. The number of aryl methyl sites for hydroxylation is 3. The van der Waals surface area contributed by atoms with Crippen LogP contribution in [0.15, 0.2) is 41.3 Å². The van der Waals surface area contributed by atoms with E-state index in [0.29, 0.717) is 24.2 Å². The number of nitrogens with zero attached hydrogens (tertiary/aromatic N) is 2. The standard InChI is InChI=1S/C38H45F4N3O4/c1-21(2)13-33(45-20-25(11-12-44(5)28-9-10-28)31(18-34(45)46)38(40,41)42)37(49)43-32(19-35(47)48)26-16-24-7-6-8-29(24)30(17-26)36-22(3)14-27(39)15-23(36)4/h14-18,20-21,28,32-33H,6-13,19H2,1-5H3,(H,43,49)(H,47,48). The van der Waals surface area contributed by atoms with Gasteiger partial charge in [0.05, 0.1) is 18.0 Å². The van der Waals surface area contributed by atoms with E-state index in [0.717, 1.165) is 76.2 Å². The molecule has 2 N–H and O–H groups in total. The van der Waals surface area contributed by atoms with Crippen molar-refractivity contribution in [2.24, 2.45) is 5.92 Å². The zero-order valence-electron chi connectivity index (χ0n) is 28.7. The Labute approximate surface area is 284 Å². The van der Waals surface area contributed by atoms with E-state index in [9.17, 15) is 37.1 Å². The van der Waals surface area contributed by atoms with Crippen LogP contribution in [0.3, 0.4) is 0 Å². The van der Waals surface area contributed by atoms with E-state index in [1.54, 1.807) is 0 Å². The molecule has 7 nitrogen and oxygen atoms in total. The molecule has 0 bridgehead atoms. The van der Waals surface area contributed by atoms with Crippen molar-refractivity contribution < 1.29 is 32.3 Å². The minimum Gasteiger partial charge on any atom is -0.481 e. The summed E-state index contributed by atoms with van der Waals surface area (Å²) in [6, 6.07) is 5.42. The molecule has 2 atom stereocenters. The molecule has 11 heteroatoms. The first-order chi connectivity index (χ1) is 23.0. The Morgan fingerprint density at radius 3 is 2.33 bits per heavy atom. The molecule has 3 aromatic rings. The molecule has 2 unspecified atom stereocenters. The van der Waals surface area contributed by atoms with E-state index in [1.807, 2.05) is 51.8 Å². The Hall–Kier alpha value is -3.99. The number of benzene rings is 2. The predicted octanol–water partition coefficient (Wildman–Crippen LogP) is 7.33. The van der Waals surface area contributed by atoms with E-state index in [-0.39, 0.29) is 30.1 Å². The number of aromatic nitrogens is 1. The van der Waals surface area contributed by atoms with Gasteiger partial charge in [-0.3, -0.25) is 14.4 Å². The maximum Gasteiger partial charge on any atom is 0.416 e. The summed E-state index contributed by atoms with van der Waals surface area (Å²) >= 11 is 0. The molecule has 1 aromatic heterocycles. The number of rotatable bonds is 13. The molecule has 5 rings (SSSR count). The Kier molecular flexibility index (Phi) is 10.7. The third-order valence-electron chi connectivity index (χ3n) is 9.81. The van der Waals surface area contributed by atoms with Gasteiger partial charge in [0.15, 0.2) is 0 Å². The number of hydrogen-bond donors (Lipinski definition) is 2. The number of likely N-dealkylation sites (N-methyl/N-ethyl adjacent to an activating group) is 1. The highest BCUT2D eigenvalue weighted by Gasteiger charge is 2.36. The minimum absolute atomic E-state index is 0.0416. The summed E-state index contributed by atoms with van der Waals surface area (Å²) in [6.07, 6.45) is 0.590. The van der Waals surface area contributed by atoms with Gasteiger partial charge in [-0.25, -0.2) is 4.39 Å². The Morgan fingerprint density at radius 2 is 1.73 bits per heavy atom. The number of alkyl halides is 3. The van der Waals surface area contributed by atoms with Crippen LogP contribution in [0.25, 0.3) is 11.1 Å². The lowest BCUT2D eigenvalue weighted by Gasteiger charge is -2.27. The second-order valence-corrected chi connectivity index (χ2v) is 14.2. The van der Waals surface area contributed by atoms with Crippen LogP contribution in [0.1, 0.15) is 97.0 Å². The van der Waals surface area contributed by atoms with Crippen LogP contribution in [0, 0.1) is 25.6 Å². The first-order valence-electron chi connectivity index (χ1n) is 17.0. The van der Waals surface area contributed by atoms with Crippen molar-refractivity contribution in [2.45, 2.75) is 103 Å². The van der Waals surface area contributed by atoms with Crippen LogP contribution >= 0.6 is 0 Å². The van der Waals surface area contributed by atoms with Crippen molar-refractivity contribution in [1.29, 1.82) is 0 Å². The molecular weight excluding hydrogens is 638 g/mol. The van der Waals surface area contributed by atoms with Gasteiger partial charge in [-0.2, -0.15) is 13.2 Å². The Balaban J connectivity index is 1.54. The van der Waals surface area contributed by atoms with Gasteiger partial charge in [-0.15, -0.1) is 0 Å². The minimum atomic E-state index is -4.75. The van der Waals surface area contributed by atoms with Gasteiger partial charge < -0.3 is 19.9 Å². The van der Waals surface area contributed by atoms with Crippen LogP contribution in [0.2, 0.25) is 0 Å². The molecule has 1 heterocycles. The van der Waals surface area contributed by atoms with Crippen molar-refractivity contribution >= 4 is 11.9 Å². The fourth-order valence-corrected chi connectivity index (χ4v) is 7.27. The van der Waals surface area contributed by atoms with Gasteiger partial charge in [0.25, 0.3) is 5.56 Å². The van der Waals surface area contributed by atoms with Crippen LogP contribution in [0.5, 0.6) is 0 Å². The molecule has 1 amide bonds. The highest BCUT2D eigenvalue weighted by molar-refractivity contribution is 5.82. The first-order valence-corrected chi connectivity index (χ1v) is 17.0. The number of carbonyl (C=O) groups excluding carboxylic acids is 1. The largest absolute Gasteiger partial charge is 0.481 e. The maximum absolute atomic E-state index is 14.2. The highest BCUT2D eigenvalue weighted by Crippen LogP contribution is 2.39. The molecule has 1 saturated carbocycles. The summed E-state index contributed by atoms with van der Waals surface area (Å²) in [5.74, 6) is -2.28. The lowest BCUT2D eigenvalue weighted by atomic mass is 9.87. The summed E-state index contributed by atoms with van der Waals surface area (Å²) in [5, 5.41) is 12.8. The van der Waals surface area contributed by atoms with Gasteiger partial charge in [0, 0.05) is 24.8 Å². The number of nitrogens with one attached hydrogen (secondary N) is 1. The SMILES string of the molecule is Cc1cc(F)cc(C)c1-c1cc(C(CC(=O)O)NC(=O)C(CC(C)C)n2cc(CCN(C)C3CC3)c(C(F)(F)F)cc2=O)cc2c1CCC2. The normalized spacial score (nSPS) is 15.8. The van der Waals surface area contributed by atoms with Crippen LogP contribution in [-0.4, -0.2) is 46.1 Å². The molecule has 1 fully saturated rings. The van der Waals surface area contributed by atoms with Crippen molar-refractivity contribution in [3.63, 3.8) is 0 Å². The molecular formula is C38H45F4N3O4. The van der Waals surface area contributed by atoms with Crippen molar-refractivity contribution in [1.82, 2.24) is 14.8 Å². The second kappa shape index (κ2) is 14.5. The third-order valence-corrected chi connectivity index (χ3v) is 9.81. The molecule has 2 aliphatic carbocycles. The summed E-state index contributed by atoms with van der Waals surface area (Å²) in [5.41, 5.74) is 3.85. The molecule has 49 heavy (non-hydrogen) atoms. The van der Waals surface area contributed by atoms with Crippen LogP contribution in [0.4, 0.5) is 17.6 Å². The number of fused-ring (bicyclic) bond motifs is 1. The lowest BCUT2D eigenvalue weighted by molar-refractivity contribution is -0.139. The lowest BCUT2D eigenvalue weighted by Crippen LogP contribution is -2.40. The molecule has 0 saturated heterocycles. The number of amides is 1. The van der Waals surface area contributed by atoms with Crippen molar-refractivity contribution in [3.8, 4) is 11.1 Å². The monoisotopic (exact) mass is 683 g/mol. The topological polar surface area (TPSA) is 91.6 Å². The molecule has 0 spiro atoms. The van der Waals surface area contributed by atoms with E-state index in [2.05, 4.69) is 5.32 Å². The van der Waals surface area contributed by atoms with Crippen molar-refractivity contribution in [3.05, 3.63) is 91.6 Å². The fraction of sp³-hybridized carbons (Fsp3) is 0.500. The summed E-state index contributed by atoms with van der Waals surface area (Å²) in [7, 11) is 1.86. The second-order valence-electron chi connectivity index (χ2n) is 14.2. The molecule has 2 aliphatic rings. The summed E-state index contributed by atoms with van der Waals surface area (Å²) < 4.78 is 57.7. The third kappa shape index (κ3) is 8.43. The molecule has 0 aliphatic heterocycles. The summed E-state index contributed by atoms with van der Waals surface area (Å²) in [4.78, 5) is 41.6. The van der Waals surface area contributed by atoms with Gasteiger partial charge in [-0.1, -0.05) is 19.9 Å². The average Bonchev–Trinajstić information content (AvgIpc) is 3.74. The van der Waals surface area contributed by atoms with Gasteiger partial charge in [-0.05, 0) is 134 Å². The molecule has 264 valence electrons. The number of pyridine rings is 1. The fourth-order valence-electron chi connectivity index (χ4n) is 7.27. The predicted molar refractivity (Wildman–Crippen MR) is 180 cm³/mol. The number of hydrogen-bond acceptors (Lipinski definition) is 4. The smallest absolute Gasteiger partial charge is 0.416 e. The van der Waals surface area contributed by atoms with E-state index in [4.69, 9.17) is 0 Å². The van der Waals surface area contributed by atoms with E-state index < -0.39 is 47.7 Å². The maximum atomic E-state index is 14.2. The quantitative estimate of drug-likeness (QED) is 0.184. The highest BCUT2D eigenvalue weighted by atomic mass is 19.4. The van der Waals surface area contributed by atoms with E-state index >= 15 is 0 Å². The number of halogens is 4. The zero-order valence-corrected chi connectivity index (χ0v) is 28.7. The number of carbonyl (C=O) groups is 2. The first kappa shape index (κ1) is 36.3. The van der Waals surface area contributed by atoms with Crippen LogP contribution in [-0.2, 0) is 35.0 Å². The number of carboxylic acid groups (broad SMARTS) is 1. The number of carboxylic acids is 1. The summed E-state index contributed by atoms with van der Waals surface area (Å²) in [6.45, 7) is 7.70. The van der Waals surface area contributed by atoms with Gasteiger partial charge in [0.1, 0.15) is 11.9 Å². The van der Waals surface area contributed by atoms with Gasteiger partial charge in [0.2, 0.25) is 5.91 Å². The van der Waals surface area contributed by atoms with Crippen molar-refractivity contribution in [2.75, 3.05) is 13.6 Å². The zero-order chi connectivity index (χ0) is 35.8. The average molecular weight is 684 g/mol. The van der Waals surface area contributed by atoms with E-state index in [1.165, 1.54) is 12.1 Å².